The van der Waals surface area contributed by atoms with Crippen molar-refractivity contribution in [3.8, 4) is 11.1 Å². The number of thiophene rings is 1. The number of carbonyl (C=O) groups excluding carboxylic acids is 2. The monoisotopic (exact) mass is 455 g/mol. The van der Waals surface area contributed by atoms with Gasteiger partial charge in [-0.2, -0.15) is 0 Å². The molecular weight excluding hydrogens is 434 g/mol. The van der Waals surface area contributed by atoms with Gasteiger partial charge in [-0.3, -0.25) is 9.69 Å². The van der Waals surface area contributed by atoms with Gasteiger partial charge in [-0.1, -0.05) is 42.5 Å². The Morgan fingerprint density at radius 3 is 2.76 bits per heavy atom. The summed E-state index contributed by atoms with van der Waals surface area (Å²) < 4.78 is 0. The van der Waals surface area contributed by atoms with Crippen LogP contribution < -0.4 is 20.9 Å². The van der Waals surface area contributed by atoms with Crippen molar-refractivity contribution in [2.45, 2.75) is 12.5 Å². The van der Waals surface area contributed by atoms with Crippen LogP contribution in [0.15, 0.2) is 66.9 Å². The van der Waals surface area contributed by atoms with Gasteiger partial charge in [-0.25, -0.2) is 9.78 Å². The number of rotatable bonds is 4. The minimum atomic E-state index is -0.296. The van der Waals surface area contributed by atoms with Crippen molar-refractivity contribution in [3.05, 3.63) is 71.7 Å². The molecule has 33 heavy (non-hydrogen) atoms. The smallest absolute Gasteiger partial charge is 0.331 e. The zero-order valence-corrected chi connectivity index (χ0v) is 18.5. The van der Waals surface area contributed by atoms with Crippen molar-refractivity contribution in [3.63, 3.8) is 0 Å². The van der Waals surface area contributed by atoms with Crippen LogP contribution in [-0.2, 0) is 0 Å². The Bertz CT molecular complexity index is 1380. The fraction of sp³-hybridized carbons (Fsp3) is 0.160. The fourth-order valence-corrected chi connectivity index (χ4v) is 5.51. The minimum absolute atomic E-state index is 0.0962. The Morgan fingerprint density at radius 1 is 1.09 bits per heavy atom. The van der Waals surface area contributed by atoms with Crippen molar-refractivity contribution in [1.82, 2.24) is 15.6 Å². The number of hydrogen-bond donors (Lipinski definition) is 3. The summed E-state index contributed by atoms with van der Waals surface area (Å²) in [4.78, 5) is 33.7. The van der Waals surface area contributed by atoms with Gasteiger partial charge < -0.3 is 16.0 Å². The molecule has 2 aromatic carbocycles. The predicted molar refractivity (Wildman–Crippen MR) is 131 cm³/mol. The fourth-order valence-electron chi connectivity index (χ4n) is 4.48. The third-order valence-corrected chi connectivity index (χ3v) is 7.16. The minimum Gasteiger partial charge on any atom is -0.347 e. The van der Waals surface area contributed by atoms with E-state index in [9.17, 15) is 9.59 Å². The molecule has 3 N–H and O–H groups in total. The van der Waals surface area contributed by atoms with Crippen LogP contribution in [0.4, 0.5) is 21.9 Å². The molecule has 0 bridgehead atoms. The van der Waals surface area contributed by atoms with Crippen molar-refractivity contribution in [2.75, 3.05) is 23.3 Å². The van der Waals surface area contributed by atoms with Crippen LogP contribution in [0.3, 0.4) is 0 Å². The molecule has 0 radical (unpaired) electrons. The number of amides is 3. The lowest BCUT2D eigenvalue weighted by molar-refractivity contribution is 0.0945. The first-order valence-corrected chi connectivity index (χ1v) is 11.7. The third kappa shape index (κ3) is 3.44. The SMILES string of the molecule is O=C(NC1CCNC1)c1sc2nccc3c2c1NC(=O)N3c1cccc(-c2ccccc2)c1. The summed E-state index contributed by atoms with van der Waals surface area (Å²) in [5.74, 6) is -0.174. The van der Waals surface area contributed by atoms with Crippen LogP contribution in [-0.4, -0.2) is 36.1 Å². The van der Waals surface area contributed by atoms with Gasteiger partial charge in [0, 0.05) is 18.8 Å². The van der Waals surface area contributed by atoms with Crippen molar-refractivity contribution in [1.29, 1.82) is 0 Å². The third-order valence-electron chi connectivity index (χ3n) is 6.06. The maximum atomic E-state index is 13.3. The lowest BCUT2D eigenvalue weighted by Gasteiger charge is -2.28. The summed E-state index contributed by atoms with van der Waals surface area (Å²) in [6, 6.07) is 19.6. The highest BCUT2D eigenvalue weighted by molar-refractivity contribution is 7.21. The van der Waals surface area contributed by atoms with E-state index in [-0.39, 0.29) is 18.0 Å². The van der Waals surface area contributed by atoms with Gasteiger partial charge in [-0.15, -0.1) is 11.3 Å². The first kappa shape index (κ1) is 19.9. The number of anilines is 3. The van der Waals surface area contributed by atoms with Gasteiger partial charge in [0.2, 0.25) is 0 Å². The number of aromatic nitrogens is 1. The average molecular weight is 456 g/mol. The molecule has 0 saturated carbocycles. The molecular formula is C25H21N5O2S. The molecule has 1 saturated heterocycles. The molecule has 1 unspecified atom stereocenters. The highest BCUT2D eigenvalue weighted by Gasteiger charge is 2.33. The number of hydrogen-bond acceptors (Lipinski definition) is 5. The van der Waals surface area contributed by atoms with E-state index in [2.05, 4.69) is 20.9 Å². The van der Waals surface area contributed by atoms with Crippen LogP contribution in [0.25, 0.3) is 21.3 Å². The summed E-state index contributed by atoms with van der Waals surface area (Å²) in [6.07, 6.45) is 2.58. The van der Waals surface area contributed by atoms with E-state index in [1.165, 1.54) is 11.3 Å². The van der Waals surface area contributed by atoms with E-state index < -0.39 is 0 Å². The van der Waals surface area contributed by atoms with E-state index >= 15 is 0 Å². The van der Waals surface area contributed by atoms with E-state index in [1.807, 2.05) is 60.7 Å². The molecule has 2 aliphatic rings. The molecule has 3 amide bonds. The molecule has 164 valence electrons. The zero-order valence-electron chi connectivity index (χ0n) is 17.7. The normalized spacial score (nSPS) is 17.3. The molecule has 4 heterocycles. The average Bonchev–Trinajstić information content (AvgIpc) is 3.49. The summed E-state index contributed by atoms with van der Waals surface area (Å²) in [5.41, 5.74) is 4.12. The molecule has 0 spiro atoms. The van der Waals surface area contributed by atoms with Crippen LogP contribution >= 0.6 is 11.3 Å². The van der Waals surface area contributed by atoms with Crippen LogP contribution in [0.5, 0.6) is 0 Å². The molecule has 2 aromatic heterocycles. The maximum absolute atomic E-state index is 13.3. The maximum Gasteiger partial charge on any atom is 0.331 e. The van der Waals surface area contributed by atoms with E-state index in [4.69, 9.17) is 0 Å². The number of pyridine rings is 1. The van der Waals surface area contributed by atoms with E-state index in [1.54, 1.807) is 11.1 Å². The van der Waals surface area contributed by atoms with Gasteiger partial charge in [0.25, 0.3) is 5.91 Å². The summed E-state index contributed by atoms with van der Waals surface area (Å²) in [5, 5.41) is 10.1. The second kappa shape index (κ2) is 7.99. The quantitative estimate of drug-likeness (QED) is 0.415. The Hall–Kier alpha value is -3.75. The largest absolute Gasteiger partial charge is 0.347 e. The molecule has 8 heteroatoms. The molecule has 4 aromatic rings. The number of nitrogens with one attached hydrogen (secondary N) is 3. The van der Waals surface area contributed by atoms with Gasteiger partial charge >= 0.3 is 6.03 Å². The predicted octanol–water partition coefficient (Wildman–Crippen LogP) is 4.74. The van der Waals surface area contributed by atoms with Gasteiger partial charge in [0.1, 0.15) is 9.71 Å². The number of urea groups is 1. The standard InChI is InChI=1S/C25H21N5O2S/c31-23(28-17-9-11-26-14-17)22-21-20-19(10-12-27-24(20)33-22)30(25(32)29-21)18-8-4-7-16(13-18)15-5-2-1-3-6-15/h1-8,10,12-13,17,26H,9,11,14H2,(H,28,31)(H,29,32). The molecule has 1 fully saturated rings. The van der Waals surface area contributed by atoms with Crippen LogP contribution in [0.2, 0.25) is 0 Å². The number of benzene rings is 2. The summed E-state index contributed by atoms with van der Waals surface area (Å²) in [6.45, 7) is 1.65. The molecule has 7 nitrogen and oxygen atoms in total. The highest BCUT2D eigenvalue weighted by atomic mass is 32.1. The number of nitrogens with zero attached hydrogens (tertiary/aromatic N) is 2. The van der Waals surface area contributed by atoms with Crippen molar-refractivity contribution < 1.29 is 9.59 Å². The second-order valence-electron chi connectivity index (χ2n) is 8.16. The molecule has 6 rings (SSSR count). The Balaban J connectivity index is 1.42. The number of carbonyl (C=O) groups is 2. The van der Waals surface area contributed by atoms with Crippen LogP contribution in [0.1, 0.15) is 16.1 Å². The Labute approximate surface area is 194 Å². The highest BCUT2D eigenvalue weighted by Crippen LogP contribution is 2.46. The van der Waals surface area contributed by atoms with Gasteiger partial charge in [0.15, 0.2) is 0 Å². The van der Waals surface area contributed by atoms with Gasteiger partial charge in [-0.05, 0) is 42.3 Å². The molecule has 1 atom stereocenters. The summed E-state index contributed by atoms with van der Waals surface area (Å²) in [7, 11) is 0. The first-order valence-electron chi connectivity index (χ1n) is 10.9. The lowest BCUT2D eigenvalue weighted by Crippen LogP contribution is -2.37. The van der Waals surface area contributed by atoms with E-state index in [0.29, 0.717) is 10.6 Å². The summed E-state index contributed by atoms with van der Waals surface area (Å²) >= 11 is 1.31. The van der Waals surface area contributed by atoms with Crippen molar-refractivity contribution in [2.24, 2.45) is 0 Å². The van der Waals surface area contributed by atoms with Gasteiger partial charge in [0.05, 0.1) is 22.4 Å². The molecule has 0 aliphatic carbocycles. The lowest BCUT2D eigenvalue weighted by atomic mass is 10.0. The van der Waals surface area contributed by atoms with Crippen molar-refractivity contribution >= 4 is 50.6 Å². The zero-order chi connectivity index (χ0) is 22.4. The Kier molecular flexibility index (Phi) is 4.82. The Morgan fingerprint density at radius 2 is 1.94 bits per heavy atom. The van der Waals surface area contributed by atoms with Crippen LogP contribution in [0, 0.1) is 0 Å². The topological polar surface area (TPSA) is 86.4 Å². The van der Waals surface area contributed by atoms with E-state index in [0.717, 1.165) is 52.2 Å². The molecule has 2 aliphatic heterocycles. The first-order chi connectivity index (χ1) is 16.2. The second-order valence-corrected chi connectivity index (χ2v) is 9.16.